The van der Waals surface area contributed by atoms with E-state index in [1.807, 2.05) is 49.4 Å². The topological polar surface area (TPSA) is 93.7 Å². The third-order valence-electron chi connectivity index (χ3n) is 6.52. The minimum Gasteiger partial charge on any atom is -0.497 e. The quantitative estimate of drug-likeness (QED) is 0.361. The normalized spacial score (nSPS) is 14.4. The number of para-hydroxylation sites is 1. The SMILES string of the molecule is CCC(OC(=O)c1c2c(nc3ccccc13)CCN(CC)C2)C(=O)Nc1nc2ccc(OC)cc2s1. The summed E-state index contributed by atoms with van der Waals surface area (Å²) in [5.41, 5.74) is 3.84. The molecule has 8 nitrogen and oxygen atoms in total. The van der Waals surface area contributed by atoms with E-state index in [0.717, 1.165) is 57.6 Å². The van der Waals surface area contributed by atoms with E-state index in [2.05, 4.69) is 22.1 Å². The number of ether oxygens (including phenoxy) is 2. The Labute approximate surface area is 213 Å². The van der Waals surface area contributed by atoms with Crippen LogP contribution >= 0.6 is 11.3 Å². The van der Waals surface area contributed by atoms with Crippen molar-refractivity contribution in [1.82, 2.24) is 14.9 Å². The Kier molecular flexibility index (Phi) is 6.84. The summed E-state index contributed by atoms with van der Waals surface area (Å²) in [5, 5.41) is 4.01. The molecule has 1 unspecified atom stereocenters. The summed E-state index contributed by atoms with van der Waals surface area (Å²) < 4.78 is 12.0. The van der Waals surface area contributed by atoms with Gasteiger partial charge in [-0.2, -0.15) is 0 Å². The number of aromatic nitrogens is 2. The van der Waals surface area contributed by atoms with E-state index < -0.39 is 18.0 Å². The minimum atomic E-state index is -0.951. The molecule has 3 heterocycles. The number of esters is 1. The number of carbonyl (C=O) groups excluding carboxylic acids is 2. The molecule has 0 aliphatic carbocycles. The molecule has 1 aliphatic heterocycles. The Morgan fingerprint density at radius 2 is 1.97 bits per heavy atom. The van der Waals surface area contributed by atoms with Crippen LogP contribution in [0.3, 0.4) is 0 Å². The molecule has 1 aliphatic rings. The zero-order valence-electron chi connectivity index (χ0n) is 20.5. The number of nitrogens with one attached hydrogen (secondary N) is 1. The van der Waals surface area contributed by atoms with E-state index in [4.69, 9.17) is 14.5 Å². The number of fused-ring (bicyclic) bond motifs is 3. The molecule has 2 aromatic carbocycles. The predicted octanol–water partition coefficient (Wildman–Crippen LogP) is 4.81. The lowest BCUT2D eigenvalue weighted by molar-refractivity contribution is -0.124. The maximum absolute atomic E-state index is 13.6. The van der Waals surface area contributed by atoms with E-state index in [-0.39, 0.29) is 0 Å². The van der Waals surface area contributed by atoms with Crippen LogP contribution in [0.1, 0.15) is 41.9 Å². The van der Waals surface area contributed by atoms with E-state index in [0.29, 0.717) is 23.7 Å². The molecule has 1 atom stereocenters. The van der Waals surface area contributed by atoms with Gasteiger partial charge < -0.3 is 9.47 Å². The van der Waals surface area contributed by atoms with Crippen molar-refractivity contribution >= 4 is 49.5 Å². The van der Waals surface area contributed by atoms with Crippen molar-refractivity contribution in [3.63, 3.8) is 0 Å². The van der Waals surface area contributed by atoms with Crippen LogP contribution < -0.4 is 10.1 Å². The van der Waals surface area contributed by atoms with Gasteiger partial charge in [-0.3, -0.25) is 20.0 Å². The van der Waals surface area contributed by atoms with Crippen LogP contribution in [0.5, 0.6) is 5.75 Å². The largest absolute Gasteiger partial charge is 0.497 e. The van der Waals surface area contributed by atoms with Gasteiger partial charge in [-0.25, -0.2) is 9.78 Å². The Morgan fingerprint density at radius 3 is 2.75 bits per heavy atom. The molecule has 5 rings (SSSR count). The number of anilines is 1. The van der Waals surface area contributed by atoms with Gasteiger partial charge in [0, 0.05) is 36.2 Å². The number of hydrogen-bond acceptors (Lipinski definition) is 8. The van der Waals surface area contributed by atoms with Gasteiger partial charge in [-0.05, 0) is 37.2 Å². The molecule has 186 valence electrons. The number of benzene rings is 2. The summed E-state index contributed by atoms with van der Waals surface area (Å²) in [5.74, 6) is -0.183. The van der Waals surface area contributed by atoms with Gasteiger partial charge in [0.1, 0.15) is 5.75 Å². The molecule has 0 fully saturated rings. The number of carbonyl (C=O) groups is 2. The second kappa shape index (κ2) is 10.2. The van der Waals surface area contributed by atoms with Crippen molar-refractivity contribution in [1.29, 1.82) is 0 Å². The fourth-order valence-corrected chi connectivity index (χ4v) is 5.43. The molecule has 2 aromatic heterocycles. The molecular weight excluding hydrogens is 476 g/mol. The summed E-state index contributed by atoms with van der Waals surface area (Å²) in [7, 11) is 1.61. The van der Waals surface area contributed by atoms with E-state index >= 15 is 0 Å². The van der Waals surface area contributed by atoms with Crippen LogP contribution in [0.2, 0.25) is 0 Å². The molecule has 0 saturated heterocycles. The Balaban J connectivity index is 1.41. The standard InChI is InChI=1S/C27H28N4O4S/c1-4-22(25(32)30-27-29-21-11-10-16(34-3)14-23(21)36-27)35-26(33)24-17-8-6-7-9-19(17)28-20-12-13-31(5-2)15-18(20)24/h6-11,14,22H,4-5,12-13,15H2,1-3H3,(H,29,30,32). The second-order valence-electron chi connectivity index (χ2n) is 8.69. The van der Waals surface area contributed by atoms with Gasteiger partial charge in [0.05, 0.1) is 28.4 Å². The van der Waals surface area contributed by atoms with Crippen molar-refractivity contribution in [3.8, 4) is 5.75 Å². The second-order valence-corrected chi connectivity index (χ2v) is 9.72. The molecule has 1 amide bonds. The smallest absolute Gasteiger partial charge is 0.340 e. The number of thiazole rings is 1. The Hall–Kier alpha value is -3.56. The van der Waals surface area contributed by atoms with Crippen LogP contribution in [-0.4, -0.2) is 53.0 Å². The van der Waals surface area contributed by atoms with Gasteiger partial charge in [0.15, 0.2) is 11.2 Å². The fourth-order valence-electron chi connectivity index (χ4n) is 4.53. The van der Waals surface area contributed by atoms with E-state index in [1.54, 1.807) is 7.11 Å². The van der Waals surface area contributed by atoms with Crippen LogP contribution in [0.4, 0.5) is 5.13 Å². The first-order valence-electron chi connectivity index (χ1n) is 12.1. The third-order valence-corrected chi connectivity index (χ3v) is 7.45. The number of rotatable bonds is 7. The fraction of sp³-hybridized carbons (Fsp3) is 0.333. The average molecular weight is 505 g/mol. The van der Waals surface area contributed by atoms with Crippen LogP contribution in [0.15, 0.2) is 42.5 Å². The van der Waals surface area contributed by atoms with Gasteiger partial charge in [0.25, 0.3) is 5.91 Å². The zero-order chi connectivity index (χ0) is 25.2. The van der Waals surface area contributed by atoms with Gasteiger partial charge in [-0.15, -0.1) is 0 Å². The molecule has 36 heavy (non-hydrogen) atoms. The zero-order valence-corrected chi connectivity index (χ0v) is 21.4. The van der Waals surface area contributed by atoms with Gasteiger partial charge in [-0.1, -0.05) is 43.4 Å². The van der Waals surface area contributed by atoms with Crippen molar-refractivity contribution in [2.45, 2.75) is 39.3 Å². The van der Waals surface area contributed by atoms with Crippen molar-refractivity contribution in [3.05, 3.63) is 59.3 Å². The highest BCUT2D eigenvalue weighted by molar-refractivity contribution is 7.22. The number of nitrogens with zero attached hydrogens (tertiary/aromatic N) is 3. The van der Waals surface area contributed by atoms with E-state index in [9.17, 15) is 9.59 Å². The summed E-state index contributed by atoms with van der Waals surface area (Å²) >= 11 is 1.34. The van der Waals surface area contributed by atoms with Crippen LogP contribution in [0, 0.1) is 0 Å². The van der Waals surface area contributed by atoms with Crippen molar-refractivity contribution < 1.29 is 19.1 Å². The molecule has 1 N–H and O–H groups in total. The number of pyridine rings is 1. The van der Waals surface area contributed by atoms with Gasteiger partial charge >= 0.3 is 5.97 Å². The summed E-state index contributed by atoms with van der Waals surface area (Å²) in [6.07, 6.45) is 0.157. The lowest BCUT2D eigenvalue weighted by Crippen LogP contribution is -2.35. The predicted molar refractivity (Wildman–Crippen MR) is 141 cm³/mol. The Bertz CT molecular complexity index is 1450. The monoisotopic (exact) mass is 504 g/mol. The molecule has 0 spiro atoms. The summed E-state index contributed by atoms with van der Waals surface area (Å²) in [4.78, 5) is 38.3. The molecule has 4 aromatic rings. The number of hydrogen-bond donors (Lipinski definition) is 1. The number of methoxy groups -OCH3 is 1. The van der Waals surface area contributed by atoms with Crippen molar-refractivity contribution in [2.24, 2.45) is 0 Å². The first-order chi connectivity index (χ1) is 17.5. The maximum atomic E-state index is 13.6. The highest BCUT2D eigenvalue weighted by Crippen LogP contribution is 2.31. The third kappa shape index (κ3) is 4.64. The maximum Gasteiger partial charge on any atom is 0.340 e. The highest BCUT2D eigenvalue weighted by Gasteiger charge is 2.29. The molecule has 9 heteroatoms. The first kappa shape index (κ1) is 24.1. The number of likely N-dealkylation sites (N-methyl/N-ethyl adjacent to an activating group) is 1. The Morgan fingerprint density at radius 1 is 1.14 bits per heavy atom. The van der Waals surface area contributed by atoms with Crippen LogP contribution in [-0.2, 0) is 22.5 Å². The molecular formula is C27H28N4O4S. The highest BCUT2D eigenvalue weighted by atomic mass is 32.1. The van der Waals surface area contributed by atoms with Gasteiger partial charge in [0.2, 0.25) is 0 Å². The summed E-state index contributed by atoms with van der Waals surface area (Å²) in [6, 6.07) is 13.1. The minimum absolute atomic E-state index is 0.336. The lowest BCUT2D eigenvalue weighted by Gasteiger charge is -2.29. The first-order valence-corrected chi connectivity index (χ1v) is 12.9. The number of amides is 1. The van der Waals surface area contributed by atoms with Crippen LogP contribution in [0.25, 0.3) is 21.1 Å². The summed E-state index contributed by atoms with van der Waals surface area (Å²) in [6.45, 7) is 6.34. The molecule has 0 radical (unpaired) electrons. The van der Waals surface area contributed by atoms with Crippen molar-refractivity contribution in [2.75, 3.05) is 25.5 Å². The lowest BCUT2D eigenvalue weighted by atomic mass is 9.95. The molecule has 0 bridgehead atoms. The van der Waals surface area contributed by atoms with E-state index in [1.165, 1.54) is 11.3 Å². The molecule has 0 saturated carbocycles. The average Bonchev–Trinajstić information content (AvgIpc) is 3.30.